The summed E-state index contributed by atoms with van der Waals surface area (Å²) in [5, 5.41) is 1.56. The monoisotopic (exact) mass is 448 g/mol. The number of anilines is 1. The largest absolute Gasteiger partial charge is 0.461 e. The van der Waals surface area contributed by atoms with Crippen LogP contribution in [0.5, 0.6) is 0 Å². The summed E-state index contributed by atoms with van der Waals surface area (Å²) in [5.74, 6) is -0.341. The van der Waals surface area contributed by atoms with Crippen LogP contribution < -0.4 is 4.90 Å². The third-order valence-electron chi connectivity index (χ3n) is 4.55. The molecule has 0 spiro atoms. The highest BCUT2D eigenvalue weighted by molar-refractivity contribution is 9.10. The SMILES string of the molecule is CCOC(=O)c1c(N(CC)CC)c2cc(Br)c(Cl)cc2n1-c1ccccc1. The number of carbonyl (C=O) groups is 1. The summed E-state index contributed by atoms with van der Waals surface area (Å²) in [5.41, 5.74) is 3.16. The number of nitrogens with zero attached hydrogens (tertiary/aromatic N) is 2. The van der Waals surface area contributed by atoms with E-state index in [0.29, 0.717) is 17.3 Å². The van der Waals surface area contributed by atoms with E-state index in [0.717, 1.165) is 39.8 Å². The quantitative estimate of drug-likeness (QED) is 0.428. The molecule has 0 unspecified atom stereocenters. The first kappa shape index (κ1) is 19.8. The maximum absolute atomic E-state index is 13.0. The van der Waals surface area contributed by atoms with Crippen molar-refractivity contribution in [2.75, 3.05) is 24.6 Å². The number of fused-ring (bicyclic) bond motifs is 1. The maximum atomic E-state index is 13.0. The minimum atomic E-state index is -0.341. The summed E-state index contributed by atoms with van der Waals surface area (Å²) in [7, 11) is 0. The molecule has 6 heteroatoms. The van der Waals surface area contributed by atoms with Gasteiger partial charge in [0, 0.05) is 28.6 Å². The van der Waals surface area contributed by atoms with Crippen molar-refractivity contribution < 1.29 is 9.53 Å². The molecule has 0 aliphatic heterocycles. The Kier molecular flexibility index (Phi) is 6.12. The first-order chi connectivity index (χ1) is 13.0. The summed E-state index contributed by atoms with van der Waals surface area (Å²) in [4.78, 5) is 15.2. The van der Waals surface area contributed by atoms with Crippen LogP contribution in [0.3, 0.4) is 0 Å². The Morgan fingerprint density at radius 3 is 2.41 bits per heavy atom. The van der Waals surface area contributed by atoms with Crippen molar-refractivity contribution >= 4 is 50.1 Å². The second-order valence-electron chi connectivity index (χ2n) is 6.04. The summed E-state index contributed by atoms with van der Waals surface area (Å²) in [6.07, 6.45) is 0. The average Bonchev–Trinajstić information content (AvgIpc) is 2.98. The van der Waals surface area contributed by atoms with Crippen molar-refractivity contribution in [2.24, 2.45) is 0 Å². The van der Waals surface area contributed by atoms with Gasteiger partial charge >= 0.3 is 5.97 Å². The van der Waals surface area contributed by atoms with Crippen LogP contribution in [0.15, 0.2) is 46.9 Å². The molecule has 1 heterocycles. The van der Waals surface area contributed by atoms with Crippen LogP contribution >= 0.6 is 27.5 Å². The summed E-state index contributed by atoms with van der Waals surface area (Å²) in [6.45, 7) is 7.84. The van der Waals surface area contributed by atoms with E-state index in [2.05, 4.69) is 34.7 Å². The van der Waals surface area contributed by atoms with Gasteiger partial charge < -0.3 is 14.2 Å². The van der Waals surface area contributed by atoms with E-state index >= 15 is 0 Å². The minimum absolute atomic E-state index is 0.317. The lowest BCUT2D eigenvalue weighted by atomic mass is 10.2. The molecule has 4 nitrogen and oxygen atoms in total. The Morgan fingerprint density at radius 2 is 1.81 bits per heavy atom. The molecule has 0 atom stereocenters. The van der Waals surface area contributed by atoms with Crippen molar-refractivity contribution in [3.63, 3.8) is 0 Å². The van der Waals surface area contributed by atoms with Crippen LogP contribution in [0.1, 0.15) is 31.3 Å². The van der Waals surface area contributed by atoms with E-state index in [1.165, 1.54) is 0 Å². The zero-order chi connectivity index (χ0) is 19.6. The van der Waals surface area contributed by atoms with E-state index < -0.39 is 0 Å². The van der Waals surface area contributed by atoms with E-state index in [4.69, 9.17) is 16.3 Å². The van der Waals surface area contributed by atoms with Crippen molar-refractivity contribution in [2.45, 2.75) is 20.8 Å². The van der Waals surface area contributed by atoms with Gasteiger partial charge in [0.2, 0.25) is 0 Å². The van der Waals surface area contributed by atoms with Crippen molar-refractivity contribution in [1.29, 1.82) is 0 Å². The van der Waals surface area contributed by atoms with Crippen LogP contribution in [0.4, 0.5) is 5.69 Å². The Hall–Kier alpha value is -1.98. The van der Waals surface area contributed by atoms with Crippen LogP contribution in [-0.2, 0) is 4.74 Å². The van der Waals surface area contributed by atoms with Gasteiger partial charge in [0.1, 0.15) is 0 Å². The van der Waals surface area contributed by atoms with Gasteiger partial charge in [0.15, 0.2) is 5.69 Å². The molecule has 142 valence electrons. The number of hydrogen-bond acceptors (Lipinski definition) is 3. The zero-order valence-corrected chi connectivity index (χ0v) is 18.0. The molecule has 1 aromatic heterocycles. The number of hydrogen-bond donors (Lipinski definition) is 0. The fraction of sp³-hybridized carbons (Fsp3) is 0.286. The second kappa shape index (κ2) is 8.36. The molecule has 0 bridgehead atoms. The molecule has 0 N–H and O–H groups in total. The molecule has 2 aromatic carbocycles. The van der Waals surface area contributed by atoms with E-state index in [-0.39, 0.29) is 5.97 Å². The predicted molar refractivity (Wildman–Crippen MR) is 116 cm³/mol. The second-order valence-corrected chi connectivity index (χ2v) is 7.31. The lowest BCUT2D eigenvalue weighted by molar-refractivity contribution is 0.0518. The molecular weight excluding hydrogens is 428 g/mol. The molecule has 0 amide bonds. The maximum Gasteiger partial charge on any atom is 0.357 e. The van der Waals surface area contributed by atoms with E-state index in [1.807, 2.05) is 54.0 Å². The van der Waals surface area contributed by atoms with Crippen LogP contribution in [0.2, 0.25) is 5.02 Å². The Morgan fingerprint density at radius 1 is 1.15 bits per heavy atom. The van der Waals surface area contributed by atoms with Gasteiger partial charge in [-0.2, -0.15) is 0 Å². The van der Waals surface area contributed by atoms with Gasteiger partial charge in [-0.15, -0.1) is 0 Å². The van der Waals surface area contributed by atoms with Gasteiger partial charge in [0.05, 0.1) is 22.8 Å². The van der Waals surface area contributed by atoms with Crippen molar-refractivity contribution in [1.82, 2.24) is 4.57 Å². The average molecular weight is 450 g/mol. The summed E-state index contributed by atoms with van der Waals surface area (Å²) >= 11 is 9.93. The van der Waals surface area contributed by atoms with Gasteiger partial charge in [-0.25, -0.2) is 4.79 Å². The number of para-hydroxylation sites is 1. The number of carbonyl (C=O) groups excluding carboxylic acids is 1. The standard InChI is InChI=1S/C21H22BrClN2O2/c1-4-24(5-2)19-15-12-16(22)17(23)13-18(15)25(14-10-8-7-9-11-14)20(19)21(26)27-6-3/h7-13H,4-6H2,1-3H3. The Balaban J connectivity index is 2.48. The van der Waals surface area contributed by atoms with Crippen molar-refractivity contribution in [3.8, 4) is 5.69 Å². The van der Waals surface area contributed by atoms with Crippen molar-refractivity contribution in [3.05, 3.63) is 57.7 Å². The van der Waals surface area contributed by atoms with E-state index in [9.17, 15) is 4.79 Å². The minimum Gasteiger partial charge on any atom is -0.461 e. The molecule has 27 heavy (non-hydrogen) atoms. The van der Waals surface area contributed by atoms with E-state index in [1.54, 1.807) is 0 Å². The fourth-order valence-electron chi connectivity index (χ4n) is 3.36. The third-order valence-corrected chi connectivity index (χ3v) is 5.74. The van der Waals surface area contributed by atoms with Gasteiger partial charge in [-0.3, -0.25) is 0 Å². The van der Waals surface area contributed by atoms with Crippen LogP contribution in [0, 0.1) is 0 Å². The number of aromatic nitrogens is 1. The van der Waals surface area contributed by atoms with Gasteiger partial charge in [-0.05, 0) is 61.0 Å². The number of rotatable bonds is 6. The molecule has 0 saturated heterocycles. The predicted octanol–water partition coefficient (Wildman–Crippen LogP) is 6.07. The highest BCUT2D eigenvalue weighted by atomic mass is 79.9. The molecule has 3 aromatic rings. The molecule has 0 aliphatic rings. The van der Waals surface area contributed by atoms with Gasteiger partial charge in [-0.1, -0.05) is 29.8 Å². The zero-order valence-electron chi connectivity index (χ0n) is 15.6. The topological polar surface area (TPSA) is 34.5 Å². The number of benzene rings is 2. The molecule has 3 rings (SSSR count). The molecule has 0 aliphatic carbocycles. The fourth-order valence-corrected chi connectivity index (χ4v) is 3.86. The Labute approximate surface area is 172 Å². The van der Waals surface area contributed by atoms with Crippen LogP contribution in [-0.4, -0.2) is 30.2 Å². The highest BCUT2D eigenvalue weighted by Gasteiger charge is 2.28. The number of halogens is 2. The first-order valence-electron chi connectivity index (χ1n) is 9.04. The third kappa shape index (κ3) is 3.58. The summed E-state index contributed by atoms with van der Waals surface area (Å²) < 4.78 is 8.17. The first-order valence-corrected chi connectivity index (χ1v) is 10.2. The molecule has 0 radical (unpaired) electrons. The highest BCUT2D eigenvalue weighted by Crippen LogP contribution is 2.40. The van der Waals surface area contributed by atoms with Gasteiger partial charge in [0.25, 0.3) is 0 Å². The summed E-state index contributed by atoms with van der Waals surface area (Å²) in [6, 6.07) is 13.7. The smallest absolute Gasteiger partial charge is 0.357 e. The lowest BCUT2D eigenvalue weighted by Gasteiger charge is -2.22. The van der Waals surface area contributed by atoms with Crippen LogP contribution in [0.25, 0.3) is 16.6 Å². The molecule has 0 fully saturated rings. The normalized spacial score (nSPS) is 11.0. The Bertz CT molecular complexity index is 965. The number of ether oxygens (including phenoxy) is 1. The number of esters is 1. The molecular formula is C21H22BrClN2O2. The molecule has 0 saturated carbocycles. The lowest BCUT2D eigenvalue weighted by Crippen LogP contribution is -2.25.